The third-order valence-corrected chi connectivity index (χ3v) is 3.48. The van der Waals surface area contributed by atoms with Crippen LogP contribution in [0.4, 0.5) is 0 Å². The maximum atomic E-state index is 11.4. The molecule has 0 aliphatic carbocycles. The molecule has 1 aliphatic heterocycles. The molecule has 0 N–H and O–H groups in total. The molecule has 0 unspecified atom stereocenters. The number of carbonyl (C=O) groups is 1. The Morgan fingerprint density at radius 1 is 1.50 bits per heavy atom. The number of piperidine rings is 1. The van der Waals surface area contributed by atoms with Gasteiger partial charge in [-0.2, -0.15) is 5.10 Å². The maximum absolute atomic E-state index is 11.4. The second-order valence-corrected chi connectivity index (χ2v) is 4.57. The first-order valence-corrected chi connectivity index (χ1v) is 6.41. The van der Waals surface area contributed by atoms with E-state index in [-0.39, 0.29) is 11.9 Å². The van der Waals surface area contributed by atoms with Crippen molar-refractivity contribution < 1.29 is 9.53 Å². The zero-order chi connectivity index (χ0) is 13.0. The summed E-state index contributed by atoms with van der Waals surface area (Å²) in [5, 5.41) is 4.16. The molecule has 1 aliphatic rings. The molecule has 6 heteroatoms. The molecule has 2 rings (SSSR count). The van der Waals surface area contributed by atoms with Crippen molar-refractivity contribution in [1.82, 2.24) is 19.7 Å². The van der Waals surface area contributed by atoms with Gasteiger partial charge >= 0.3 is 5.97 Å². The lowest BCUT2D eigenvalue weighted by molar-refractivity contribution is -0.147. The summed E-state index contributed by atoms with van der Waals surface area (Å²) in [5.74, 6) is 0.982. The van der Waals surface area contributed by atoms with Gasteiger partial charge in [0.1, 0.15) is 12.2 Å². The number of methoxy groups -OCH3 is 1. The van der Waals surface area contributed by atoms with Gasteiger partial charge in [0.05, 0.1) is 19.6 Å². The van der Waals surface area contributed by atoms with E-state index in [1.807, 2.05) is 4.68 Å². The Bertz CT molecular complexity index is 397. The monoisotopic (exact) mass is 252 g/mol. The Hall–Kier alpha value is -1.43. The second kappa shape index (κ2) is 5.95. The Balaban J connectivity index is 1.85. The minimum absolute atomic E-state index is 0.0651. The molecular weight excluding hydrogens is 232 g/mol. The van der Waals surface area contributed by atoms with Gasteiger partial charge in [0.25, 0.3) is 0 Å². The average Bonchev–Trinajstić information content (AvgIpc) is 2.86. The molecule has 0 atom stereocenters. The number of aryl methyl sites for hydroxylation is 1. The lowest BCUT2D eigenvalue weighted by Gasteiger charge is -2.30. The van der Waals surface area contributed by atoms with Crippen LogP contribution in [0.1, 0.15) is 25.6 Å². The summed E-state index contributed by atoms with van der Waals surface area (Å²) in [4.78, 5) is 18.0. The van der Waals surface area contributed by atoms with Crippen molar-refractivity contribution >= 4 is 5.97 Å². The van der Waals surface area contributed by atoms with Gasteiger partial charge in [-0.1, -0.05) is 0 Å². The smallest absolute Gasteiger partial charge is 0.308 e. The van der Waals surface area contributed by atoms with E-state index in [1.54, 1.807) is 6.33 Å². The van der Waals surface area contributed by atoms with Crippen LogP contribution in [-0.4, -0.2) is 45.8 Å². The van der Waals surface area contributed by atoms with Crippen molar-refractivity contribution in [3.05, 3.63) is 12.2 Å². The van der Waals surface area contributed by atoms with Gasteiger partial charge < -0.3 is 4.74 Å². The topological polar surface area (TPSA) is 60.2 Å². The Morgan fingerprint density at radius 2 is 2.22 bits per heavy atom. The number of ether oxygens (including phenoxy) is 1. The van der Waals surface area contributed by atoms with E-state index in [0.29, 0.717) is 0 Å². The highest BCUT2D eigenvalue weighted by atomic mass is 16.5. The van der Waals surface area contributed by atoms with Gasteiger partial charge in [0, 0.05) is 6.54 Å². The molecule has 0 saturated carbocycles. The van der Waals surface area contributed by atoms with E-state index in [2.05, 4.69) is 21.9 Å². The van der Waals surface area contributed by atoms with Crippen LogP contribution in [0.5, 0.6) is 0 Å². The summed E-state index contributed by atoms with van der Waals surface area (Å²) in [7, 11) is 1.46. The quantitative estimate of drug-likeness (QED) is 0.738. The predicted octanol–water partition coefficient (Wildman–Crippen LogP) is 0.683. The summed E-state index contributed by atoms with van der Waals surface area (Å²) in [6.45, 7) is 5.53. The van der Waals surface area contributed by atoms with Crippen LogP contribution in [-0.2, 0) is 22.6 Å². The highest BCUT2D eigenvalue weighted by molar-refractivity contribution is 5.72. The Morgan fingerprint density at radius 3 is 2.83 bits per heavy atom. The number of esters is 1. The van der Waals surface area contributed by atoms with Gasteiger partial charge in [-0.15, -0.1) is 0 Å². The van der Waals surface area contributed by atoms with Crippen LogP contribution in [0.25, 0.3) is 0 Å². The summed E-state index contributed by atoms with van der Waals surface area (Å²) in [6, 6.07) is 0. The largest absolute Gasteiger partial charge is 0.469 e. The molecule has 0 spiro atoms. The van der Waals surface area contributed by atoms with Crippen molar-refractivity contribution in [2.45, 2.75) is 32.9 Å². The number of hydrogen-bond donors (Lipinski definition) is 0. The summed E-state index contributed by atoms with van der Waals surface area (Å²) >= 11 is 0. The van der Waals surface area contributed by atoms with E-state index in [4.69, 9.17) is 4.74 Å². The zero-order valence-electron chi connectivity index (χ0n) is 11.0. The number of aromatic nitrogens is 3. The first-order chi connectivity index (χ1) is 8.74. The van der Waals surface area contributed by atoms with Crippen molar-refractivity contribution in [3.63, 3.8) is 0 Å². The molecule has 1 fully saturated rings. The number of hydrogen-bond acceptors (Lipinski definition) is 5. The highest BCUT2D eigenvalue weighted by Gasteiger charge is 2.26. The normalized spacial score (nSPS) is 17.9. The van der Waals surface area contributed by atoms with Crippen molar-refractivity contribution in [2.75, 3.05) is 20.2 Å². The molecule has 0 bridgehead atoms. The first-order valence-electron chi connectivity index (χ1n) is 6.41. The molecule has 0 radical (unpaired) electrons. The maximum Gasteiger partial charge on any atom is 0.308 e. The van der Waals surface area contributed by atoms with Crippen molar-refractivity contribution in [3.8, 4) is 0 Å². The van der Waals surface area contributed by atoms with E-state index in [1.165, 1.54) is 7.11 Å². The van der Waals surface area contributed by atoms with Crippen LogP contribution in [0.2, 0.25) is 0 Å². The molecular formula is C12H20N4O2. The van der Waals surface area contributed by atoms with Gasteiger partial charge in [-0.25, -0.2) is 9.67 Å². The van der Waals surface area contributed by atoms with Crippen LogP contribution >= 0.6 is 0 Å². The average molecular weight is 252 g/mol. The van der Waals surface area contributed by atoms with E-state index < -0.39 is 0 Å². The molecule has 100 valence electrons. The lowest BCUT2D eigenvalue weighted by atomic mass is 9.97. The highest BCUT2D eigenvalue weighted by Crippen LogP contribution is 2.19. The number of rotatable bonds is 4. The van der Waals surface area contributed by atoms with Crippen LogP contribution in [0.15, 0.2) is 6.33 Å². The molecule has 1 aromatic heterocycles. The van der Waals surface area contributed by atoms with E-state index in [9.17, 15) is 4.79 Å². The minimum atomic E-state index is -0.0774. The SMILES string of the molecule is CCn1ncnc1CN1CCC(C(=O)OC)CC1. The molecule has 1 saturated heterocycles. The standard InChI is InChI=1S/C12H20N4O2/c1-3-16-11(13-9-14-16)8-15-6-4-10(5-7-15)12(17)18-2/h9-10H,3-8H2,1-2H3. The summed E-state index contributed by atoms with van der Waals surface area (Å²) in [5.41, 5.74) is 0. The molecule has 2 heterocycles. The van der Waals surface area contributed by atoms with Crippen molar-refractivity contribution in [1.29, 1.82) is 0 Å². The Kier molecular flexibility index (Phi) is 4.30. The summed E-state index contributed by atoms with van der Waals surface area (Å²) < 4.78 is 6.69. The third-order valence-electron chi connectivity index (χ3n) is 3.48. The summed E-state index contributed by atoms with van der Waals surface area (Å²) in [6.07, 6.45) is 3.33. The van der Waals surface area contributed by atoms with E-state index in [0.717, 1.165) is 44.8 Å². The lowest BCUT2D eigenvalue weighted by Crippen LogP contribution is -2.36. The van der Waals surface area contributed by atoms with Crippen molar-refractivity contribution in [2.24, 2.45) is 5.92 Å². The van der Waals surface area contributed by atoms with Crippen LogP contribution in [0.3, 0.4) is 0 Å². The van der Waals surface area contributed by atoms with Crippen LogP contribution in [0, 0.1) is 5.92 Å². The second-order valence-electron chi connectivity index (χ2n) is 4.57. The molecule has 1 aromatic rings. The fourth-order valence-electron chi connectivity index (χ4n) is 2.37. The number of carbonyl (C=O) groups excluding carboxylic acids is 1. The molecule has 0 amide bonds. The third kappa shape index (κ3) is 2.87. The van der Waals surface area contributed by atoms with Gasteiger partial charge in [0.2, 0.25) is 0 Å². The van der Waals surface area contributed by atoms with Gasteiger partial charge in [-0.3, -0.25) is 9.69 Å². The molecule has 6 nitrogen and oxygen atoms in total. The minimum Gasteiger partial charge on any atom is -0.469 e. The molecule has 0 aromatic carbocycles. The predicted molar refractivity (Wildman–Crippen MR) is 65.7 cm³/mol. The Labute approximate surface area is 107 Å². The number of likely N-dealkylation sites (tertiary alicyclic amines) is 1. The van der Waals surface area contributed by atoms with Crippen LogP contribution < -0.4 is 0 Å². The first kappa shape index (κ1) is 13.0. The molecule has 18 heavy (non-hydrogen) atoms. The van der Waals surface area contributed by atoms with E-state index >= 15 is 0 Å². The fourth-order valence-corrected chi connectivity index (χ4v) is 2.37. The van der Waals surface area contributed by atoms with Gasteiger partial charge in [-0.05, 0) is 32.9 Å². The number of nitrogens with zero attached hydrogens (tertiary/aromatic N) is 4. The van der Waals surface area contributed by atoms with Gasteiger partial charge in [0.15, 0.2) is 0 Å². The zero-order valence-corrected chi connectivity index (χ0v) is 11.0. The fraction of sp³-hybridized carbons (Fsp3) is 0.750.